The summed E-state index contributed by atoms with van der Waals surface area (Å²) in [6.45, 7) is 1.81. The standard InChI is InChI=1S/C20H25N7O4S2/c1-10-24-25-19(33-10)21-13(28)9-32-17-14-16(26(2)20(30)27(3)18(14)29)22-15(23-17)11-7-5-6-8-12(11)31-4/h5-8,14-17,22-23H,9H2,1-4H3,(H,21,25,28). The molecule has 3 N–H and O–H groups in total. The second-order valence-corrected chi connectivity index (χ2v) is 9.99. The molecule has 1 aromatic carbocycles. The summed E-state index contributed by atoms with van der Waals surface area (Å²) in [6.07, 6.45) is -0.955. The summed E-state index contributed by atoms with van der Waals surface area (Å²) >= 11 is 2.60. The number of ether oxygens (including phenoxy) is 1. The van der Waals surface area contributed by atoms with Crippen molar-refractivity contribution in [2.75, 3.05) is 32.3 Å². The molecule has 2 aliphatic rings. The second-order valence-electron chi connectivity index (χ2n) is 7.68. The maximum atomic E-state index is 13.1. The van der Waals surface area contributed by atoms with Crippen LogP contribution in [0, 0.1) is 12.8 Å². The Labute approximate surface area is 199 Å². The van der Waals surface area contributed by atoms with E-state index in [4.69, 9.17) is 4.74 Å². The lowest BCUT2D eigenvalue weighted by molar-refractivity contribution is -0.140. The van der Waals surface area contributed by atoms with Crippen LogP contribution in [0.3, 0.4) is 0 Å². The Hall–Kier alpha value is -2.74. The van der Waals surface area contributed by atoms with Gasteiger partial charge in [0.1, 0.15) is 10.8 Å². The van der Waals surface area contributed by atoms with E-state index in [0.29, 0.717) is 10.9 Å². The smallest absolute Gasteiger partial charge is 0.327 e. The van der Waals surface area contributed by atoms with Gasteiger partial charge in [0.25, 0.3) is 0 Å². The number of carbonyl (C=O) groups excluding carboxylic acids is 3. The first-order valence-electron chi connectivity index (χ1n) is 10.2. The summed E-state index contributed by atoms with van der Waals surface area (Å²) in [6, 6.07) is 7.13. The number of benzene rings is 1. The fourth-order valence-electron chi connectivity index (χ4n) is 3.95. The molecule has 4 unspecified atom stereocenters. The Bertz CT molecular complexity index is 1060. The third kappa shape index (κ3) is 4.67. The minimum atomic E-state index is -0.592. The summed E-state index contributed by atoms with van der Waals surface area (Å²) < 4.78 is 5.50. The van der Waals surface area contributed by atoms with Gasteiger partial charge in [-0.15, -0.1) is 22.0 Å². The average Bonchev–Trinajstić information content (AvgIpc) is 3.23. The summed E-state index contributed by atoms with van der Waals surface area (Å²) in [7, 11) is 4.72. The van der Waals surface area contributed by atoms with E-state index in [1.54, 1.807) is 14.2 Å². The van der Waals surface area contributed by atoms with Gasteiger partial charge in [0.05, 0.1) is 36.5 Å². The summed E-state index contributed by atoms with van der Waals surface area (Å²) in [4.78, 5) is 40.8. The molecule has 0 spiro atoms. The van der Waals surface area contributed by atoms with Crippen molar-refractivity contribution in [3.8, 4) is 5.75 Å². The Balaban J connectivity index is 1.57. The van der Waals surface area contributed by atoms with E-state index < -0.39 is 23.6 Å². The molecule has 11 nitrogen and oxygen atoms in total. The number of imide groups is 1. The number of nitrogens with zero attached hydrogens (tertiary/aromatic N) is 4. The van der Waals surface area contributed by atoms with Crippen molar-refractivity contribution >= 4 is 46.1 Å². The molecule has 176 valence electrons. The number of aryl methyl sites for hydroxylation is 1. The molecule has 2 saturated heterocycles. The number of amides is 4. The molecule has 0 saturated carbocycles. The quantitative estimate of drug-likeness (QED) is 0.546. The molecule has 3 heterocycles. The number of anilines is 1. The fraction of sp³-hybridized carbons (Fsp3) is 0.450. The van der Waals surface area contributed by atoms with Gasteiger partial charge in [-0.25, -0.2) is 4.79 Å². The third-order valence-electron chi connectivity index (χ3n) is 5.57. The van der Waals surface area contributed by atoms with Gasteiger partial charge in [0.2, 0.25) is 16.9 Å². The first kappa shape index (κ1) is 23.4. The van der Waals surface area contributed by atoms with Crippen LogP contribution in [0.2, 0.25) is 0 Å². The lowest BCUT2D eigenvalue weighted by Crippen LogP contribution is -2.72. The molecule has 33 heavy (non-hydrogen) atoms. The molecule has 0 aliphatic carbocycles. The zero-order valence-electron chi connectivity index (χ0n) is 18.6. The predicted octanol–water partition coefficient (Wildman–Crippen LogP) is 1.21. The van der Waals surface area contributed by atoms with Crippen LogP contribution in [-0.4, -0.2) is 76.3 Å². The summed E-state index contributed by atoms with van der Waals surface area (Å²) in [5.74, 6) is -0.387. The van der Waals surface area contributed by atoms with E-state index in [-0.39, 0.29) is 23.6 Å². The molecule has 2 aromatic rings. The number of thioether (sulfide) groups is 1. The topological polar surface area (TPSA) is 129 Å². The molecule has 13 heteroatoms. The molecule has 4 amide bonds. The van der Waals surface area contributed by atoms with Crippen molar-refractivity contribution in [1.29, 1.82) is 0 Å². The van der Waals surface area contributed by atoms with Crippen molar-refractivity contribution in [2.45, 2.75) is 24.6 Å². The maximum absolute atomic E-state index is 13.1. The van der Waals surface area contributed by atoms with Gasteiger partial charge in [0.15, 0.2) is 0 Å². The monoisotopic (exact) mass is 491 g/mol. The molecule has 0 bridgehead atoms. The van der Waals surface area contributed by atoms with E-state index in [1.807, 2.05) is 31.2 Å². The predicted molar refractivity (Wildman–Crippen MR) is 125 cm³/mol. The molecule has 1 aromatic heterocycles. The number of carbonyl (C=O) groups is 3. The van der Waals surface area contributed by atoms with Crippen LogP contribution in [0.15, 0.2) is 24.3 Å². The number of para-hydroxylation sites is 1. The number of fused-ring (bicyclic) bond motifs is 1. The van der Waals surface area contributed by atoms with Gasteiger partial charge < -0.3 is 9.64 Å². The third-order valence-corrected chi connectivity index (χ3v) is 7.54. The molecule has 4 rings (SSSR count). The molecular weight excluding hydrogens is 466 g/mol. The van der Waals surface area contributed by atoms with Crippen molar-refractivity contribution in [1.82, 2.24) is 30.6 Å². The first-order chi connectivity index (χ1) is 15.8. The van der Waals surface area contributed by atoms with Crippen LogP contribution in [0.4, 0.5) is 9.93 Å². The van der Waals surface area contributed by atoms with E-state index in [1.165, 1.54) is 35.0 Å². The minimum Gasteiger partial charge on any atom is -0.496 e. The average molecular weight is 492 g/mol. The Morgan fingerprint density at radius 2 is 2.00 bits per heavy atom. The lowest BCUT2D eigenvalue weighted by Gasteiger charge is -2.50. The van der Waals surface area contributed by atoms with Crippen LogP contribution < -0.4 is 20.7 Å². The van der Waals surface area contributed by atoms with Gasteiger partial charge in [-0.3, -0.25) is 30.4 Å². The van der Waals surface area contributed by atoms with Crippen molar-refractivity contribution in [3.63, 3.8) is 0 Å². The highest BCUT2D eigenvalue weighted by molar-refractivity contribution is 8.00. The maximum Gasteiger partial charge on any atom is 0.327 e. The van der Waals surface area contributed by atoms with Crippen LogP contribution in [-0.2, 0) is 9.59 Å². The van der Waals surface area contributed by atoms with E-state index >= 15 is 0 Å². The van der Waals surface area contributed by atoms with Crippen molar-refractivity contribution < 1.29 is 19.1 Å². The molecule has 2 aliphatic heterocycles. The van der Waals surface area contributed by atoms with Crippen molar-refractivity contribution in [2.24, 2.45) is 5.92 Å². The van der Waals surface area contributed by atoms with E-state index in [2.05, 4.69) is 26.1 Å². The number of rotatable bonds is 6. The molecule has 0 radical (unpaired) electrons. The molecule has 2 fully saturated rings. The molecular formula is C20H25N7O4S2. The Morgan fingerprint density at radius 3 is 2.70 bits per heavy atom. The zero-order chi connectivity index (χ0) is 23.7. The summed E-state index contributed by atoms with van der Waals surface area (Å²) in [5, 5.41) is 18.1. The first-order valence-corrected chi connectivity index (χ1v) is 12.1. The number of urea groups is 1. The highest BCUT2D eigenvalue weighted by atomic mass is 32.2. The highest BCUT2D eigenvalue weighted by Crippen LogP contribution is 2.36. The van der Waals surface area contributed by atoms with Crippen molar-refractivity contribution in [3.05, 3.63) is 34.8 Å². The van der Waals surface area contributed by atoms with Crippen LogP contribution in [0.1, 0.15) is 16.7 Å². The number of methoxy groups -OCH3 is 1. The SMILES string of the molecule is COc1ccccc1C1NC(SCC(=O)Nc2nnc(C)s2)C2C(=O)N(C)C(=O)N(C)C2N1. The number of hydrogen-bond acceptors (Lipinski definition) is 10. The van der Waals surface area contributed by atoms with Gasteiger partial charge >= 0.3 is 6.03 Å². The lowest BCUT2D eigenvalue weighted by atomic mass is 9.95. The van der Waals surface area contributed by atoms with Gasteiger partial charge in [-0.2, -0.15) is 0 Å². The van der Waals surface area contributed by atoms with Gasteiger partial charge in [0, 0.05) is 19.7 Å². The van der Waals surface area contributed by atoms with E-state index in [0.717, 1.165) is 15.5 Å². The number of hydrogen-bond donors (Lipinski definition) is 3. The number of nitrogens with one attached hydrogen (secondary N) is 3. The summed E-state index contributed by atoms with van der Waals surface area (Å²) in [5.41, 5.74) is 0.838. The minimum absolute atomic E-state index is 0.0901. The van der Waals surface area contributed by atoms with Crippen LogP contribution >= 0.6 is 23.1 Å². The second kappa shape index (κ2) is 9.63. The van der Waals surface area contributed by atoms with Crippen LogP contribution in [0.5, 0.6) is 5.75 Å². The van der Waals surface area contributed by atoms with Gasteiger partial charge in [-0.05, 0) is 13.0 Å². The molecule has 4 atom stereocenters. The largest absolute Gasteiger partial charge is 0.496 e. The number of aromatic nitrogens is 2. The Morgan fingerprint density at radius 1 is 1.24 bits per heavy atom. The van der Waals surface area contributed by atoms with Gasteiger partial charge in [-0.1, -0.05) is 29.5 Å². The Kier molecular flexibility index (Phi) is 6.83. The normalized spacial score (nSPS) is 25.1. The fourth-order valence-corrected chi connectivity index (χ4v) is 5.67. The zero-order valence-corrected chi connectivity index (χ0v) is 20.2. The highest BCUT2D eigenvalue weighted by Gasteiger charge is 2.51. The van der Waals surface area contributed by atoms with E-state index in [9.17, 15) is 14.4 Å². The van der Waals surface area contributed by atoms with Crippen LogP contribution in [0.25, 0.3) is 0 Å².